The van der Waals surface area contributed by atoms with Crippen molar-refractivity contribution in [2.24, 2.45) is 55.8 Å². The van der Waals surface area contributed by atoms with Crippen LogP contribution < -0.4 is 75.7 Å². The number of nitrogens with zero attached hydrogens (tertiary/aromatic N) is 3. The highest BCUT2D eigenvalue weighted by molar-refractivity contribution is 8.14. The molecule has 3 aliphatic rings. The third-order valence-corrected chi connectivity index (χ3v) is 18.7. The van der Waals surface area contributed by atoms with Gasteiger partial charge in [-0.2, -0.15) is 0 Å². The van der Waals surface area contributed by atoms with Gasteiger partial charge in [-0.3, -0.25) is 77.1 Å². The predicted octanol–water partition coefficient (Wildman–Crippen LogP) is -1.77. The largest absolute Gasteiger partial charge is 0.481 e. The average Bonchev–Trinajstić information content (AvgIpc) is 1.37. The maximum atomic E-state index is 14.9. The van der Waals surface area contributed by atoms with Gasteiger partial charge in [-0.15, -0.1) is 11.8 Å². The van der Waals surface area contributed by atoms with Crippen LogP contribution in [-0.2, 0) is 73.5 Å². The number of nitrogens with two attached hydrogens (primary N) is 3. The maximum Gasteiger partial charge on any atom is 0.305 e. The molecule has 4 rings (SSSR count). The first-order chi connectivity index (χ1) is 47.4. The average molecular weight is 1420 g/mol. The van der Waals surface area contributed by atoms with Gasteiger partial charge in [0.05, 0.1) is 30.0 Å². The highest BCUT2D eigenvalue weighted by Crippen LogP contribution is 2.25. The molecule has 34 heteroatoms. The van der Waals surface area contributed by atoms with Gasteiger partial charge in [-0.1, -0.05) is 105 Å². The number of hydrogen-bond donors (Lipinski definition) is 16. The minimum absolute atomic E-state index is 0.000650. The van der Waals surface area contributed by atoms with E-state index in [1.54, 1.807) is 58.0 Å². The standard InChI is InChI=1S/C66H103N17O16S/c1-9-35(6)52(69)66-81-48(32-100-66)63(97)76-43(26-34(4)5)59(93)74-42(22-23-50(85)86)58(92)83-53(36(7)10-2)64(98)75-40-20-15-16-25-71-55(89)46(29-49(68)84)78-62(96)47(30-51(87)88)79-61(95)45(28-39-31-70-33-72-39)77-60(94)44(27-38-18-13-12-14-19-38)80-65(99)54(37(8)11-3)82-57(91)41(21-17-24-67)73-56(40)90/h12-14,18-19,31,33-37,39-48,52-54H,9-11,15-17,20-30,32,67,69H2,1-8H3,(H2,68,84)(H,71,89)(H,73,90)(H,74,93)(H,75,98)(H,76,97)(H,77,94)(H,78,96)(H,79,95)(H,80,99)(H,82,91)(H,83,92)(H,85,86)(H,87,88)/t35?,36-,37-,39?,40-,41+,42+,43-,44+,45-,46-,47+,48?,52?,53-,54-/m0/s1. The van der Waals surface area contributed by atoms with Crippen LogP contribution in [0.1, 0.15) is 151 Å². The van der Waals surface area contributed by atoms with Gasteiger partial charge in [-0.25, -0.2) is 4.99 Å². The van der Waals surface area contributed by atoms with E-state index in [0.717, 1.165) is 6.42 Å². The van der Waals surface area contributed by atoms with Gasteiger partial charge < -0.3 is 85.9 Å². The number of carboxylic acids is 2. The Balaban J connectivity index is 1.77. The van der Waals surface area contributed by atoms with E-state index in [9.17, 15) is 77.3 Å². The molecular weight excluding hydrogens is 1320 g/mol. The Kier molecular flexibility index (Phi) is 35.3. The Bertz CT molecular complexity index is 3110. The summed E-state index contributed by atoms with van der Waals surface area (Å²) in [5, 5.41) is 49.1. The lowest BCUT2D eigenvalue weighted by Gasteiger charge is -2.30. The van der Waals surface area contributed by atoms with E-state index in [0.29, 0.717) is 10.6 Å². The Morgan fingerprint density at radius 2 is 1.28 bits per heavy atom. The zero-order valence-electron chi connectivity index (χ0n) is 58.2. The molecule has 33 nitrogen and oxygen atoms in total. The predicted molar refractivity (Wildman–Crippen MR) is 372 cm³/mol. The van der Waals surface area contributed by atoms with E-state index in [-0.39, 0.29) is 94.9 Å². The van der Waals surface area contributed by atoms with Crippen molar-refractivity contribution in [1.82, 2.24) is 58.5 Å². The monoisotopic (exact) mass is 1420 g/mol. The van der Waals surface area contributed by atoms with E-state index >= 15 is 0 Å². The van der Waals surface area contributed by atoms with Gasteiger partial charge in [0.1, 0.15) is 72.8 Å². The Morgan fingerprint density at radius 3 is 1.88 bits per heavy atom. The summed E-state index contributed by atoms with van der Waals surface area (Å²) in [5.41, 5.74) is 18.4. The van der Waals surface area contributed by atoms with Crippen molar-refractivity contribution < 1.29 is 77.3 Å². The van der Waals surface area contributed by atoms with Crippen LogP contribution in [0.5, 0.6) is 0 Å². The zero-order chi connectivity index (χ0) is 74.3. The van der Waals surface area contributed by atoms with Crippen LogP contribution in [0.3, 0.4) is 0 Å². The fourth-order valence-corrected chi connectivity index (χ4v) is 12.1. The van der Waals surface area contributed by atoms with Crippen LogP contribution in [0.4, 0.5) is 0 Å². The third kappa shape index (κ3) is 27.7. The molecule has 0 aliphatic carbocycles. The van der Waals surface area contributed by atoms with Crippen LogP contribution >= 0.6 is 11.8 Å². The Hall–Kier alpha value is -8.92. The molecule has 12 amide bonds. The normalized spacial score (nSPS) is 24.4. The SMILES string of the molecule is CCC(C)C(N)C1=NC(C(=O)N[C@@H](CC(C)C)C(=O)N[C@H](CCC(=O)O)C(=O)N[C@H](C(=O)N[C@H]2CCCCNC(=O)[C@H](CC(N)=O)NC(=O)[C@@H](CC(=O)O)NC(=O)[C@H](CC3C=NC=N3)NC(=O)[C@@H](Cc3ccccc3)NC(=O)[C@H]([C@@H](C)CC)NC(=O)[C@@H](CCCN)NC2=O)[C@@H](C)CC)CS1. The van der Waals surface area contributed by atoms with Gasteiger partial charge >= 0.3 is 11.9 Å². The first-order valence-corrected chi connectivity index (χ1v) is 35.2. The number of nitrogens with one attached hydrogen (secondary N) is 11. The molecule has 1 aromatic rings. The molecule has 3 heterocycles. The van der Waals surface area contributed by atoms with Crippen molar-refractivity contribution >= 4 is 112 Å². The number of aliphatic carboxylic acids is 2. The summed E-state index contributed by atoms with van der Waals surface area (Å²) in [7, 11) is 0. The van der Waals surface area contributed by atoms with Gasteiger partial charge in [0, 0.05) is 37.8 Å². The molecule has 4 unspecified atom stereocenters. The number of benzene rings is 1. The minimum Gasteiger partial charge on any atom is -0.481 e. The first-order valence-electron chi connectivity index (χ1n) is 34.2. The number of carbonyl (C=O) groups is 14. The molecule has 0 spiro atoms. The molecule has 0 radical (unpaired) electrons. The first kappa shape index (κ1) is 83.5. The summed E-state index contributed by atoms with van der Waals surface area (Å²) >= 11 is 1.35. The fraction of sp³-hybridized carbons (Fsp3) is 0.652. The van der Waals surface area contributed by atoms with E-state index in [1.807, 2.05) is 27.7 Å². The summed E-state index contributed by atoms with van der Waals surface area (Å²) in [6.45, 7) is 14.1. The van der Waals surface area contributed by atoms with Crippen LogP contribution in [0.2, 0.25) is 0 Å². The van der Waals surface area contributed by atoms with Gasteiger partial charge in [-0.05, 0) is 80.7 Å². The number of amides is 12. The highest BCUT2D eigenvalue weighted by Gasteiger charge is 2.40. The topological polar surface area (TPSA) is 527 Å². The van der Waals surface area contributed by atoms with E-state index in [1.165, 1.54) is 24.3 Å². The molecule has 100 heavy (non-hydrogen) atoms. The summed E-state index contributed by atoms with van der Waals surface area (Å²) in [6.07, 6.45) is 0.328. The molecule has 0 saturated carbocycles. The Labute approximate surface area is 586 Å². The second kappa shape index (κ2) is 42.2. The lowest BCUT2D eigenvalue weighted by molar-refractivity contribution is -0.142. The lowest BCUT2D eigenvalue weighted by Crippen LogP contribution is -2.62. The minimum atomic E-state index is -1.94. The molecular formula is C66H103N17O16S. The van der Waals surface area contributed by atoms with Gasteiger partial charge in [0.25, 0.3) is 0 Å². The quantitative estimate of drug-likeness (QED) is 0.0391. The van der Waals surface area contributed by atoms with Crippen molar-refractivity contribution in [2.45, 2.75) is 230 Å². The van der Waals surface area contributed by atoms with Crippen LogP contribution in [0, 0.1) is 23.7 Å². The molecule has 3 aliphatic heterocycles. The molecule has 19 N–H and O–H groups in total. The number of thioether (sulfide) groups is 1. The molecule has 0 bridgehead atoms. The summed E-state index contributed by atoms with van der Waals surface area (Å²) < 4.78 is 0. The molecule has 16 atom stereocenters. The van der Waals surface area contributed by atoms with Crippen molar-refractivity contribution in [2.75, 3.05) is 18.8 Å². The van der Waals surface area contributed by atoms with Crippen LogP contribution in [0.25, 0.3) is 0 Å². The molecule has 1 aromatic carbocycles. The van der Waals surface area contributed by atoms with E-state index in [4.69, 9.17) is 17.2 Å². The molecule has 554 valence electrons. The van der Waals surface area contributed by atoms with Crippen molar-refractivity contribution in [3.8, 4) is 0 Å². The smallest absolute Gasteiger partial charge is 0.305 e. The van der Waals surface area contributed by atoms with Gasteiger partial charge in [0.15, 0.2) is 0 Å². The van der Waals surface area contributed by atoms with Crippen LogP contribution in [0.15, 0.2) is 45.3 Å². The summed E-state index contributed by atoms with van der Waals surface area (Å²) in [5.74, 6) is -15.4. The fourth-order valence-electron chi connectivity index (χ4n) is 10.9. The van der Waals surface area contributed by atoms with Crippen molar-refractivity contribution in [3.63, 3.8) is 0 Å². The zero-order valence-corrected chi connectivity index (χ0v) is 59.0. The van der Waals surface area contributed by atoms with Crippen molar-refractivity contribution in [3.05, 3.63) is 35.9 Å². The number of aliphatic imine (C=N–C) groups is 3. The molecule has 1 fully saturated rings. The summed E-state index contributed by atoms with van der Waals surface area (Å²) in [6, 6.07) is -9.16. The Morgan fingerprint density at radius 1 is 0.670 bits per heavy atom. The second-order valence-electron chi connectivity index (χ2n) is 26.0. The molecule has 0 aromatic heterocycles. The van der Waals surface area contributed by atoms with Crippen LogP contribution in [-0.4, -0.2) is 208 Å². The maximum absolute atomic E-state index is 14.9. The second-order valence-corrected chi connectivity index (χ2v) is 27.1. The lowest BCUT2D eigenvalue weighted by atomic mass is 9.96. The molecule has 1 saturated heterocycles. The van der Waals surface area contributed by atoms with Crippen molar-refractivity contribution in [1.29, 1.82) is 0 Å². The van der Waals surface area contributed by atoms with E-state index in [2.05, 4.69) is 73.5 Å². The van der Waals surface area contributed by atoms with Gasteiger partial charge in [0.2, 0.25) is 70.9 Å². The number of carbonyl (C=O) groups excluding carboxylic acids is 12. The van der Waals surface area contributed by atoms with E-state index < -0.39 is 199 Å². The summed E-state index contributed by atoms with van der Waals surface area (Å²) in [4.78, 5) is 208. The number of hydrogen-bond acceptors (Lipinski definition) is 20. The number of primary amides is 1. The number of rotatable bonds is 31. The number of carboxylic acid groups (broad SMARTS) is 2. The third-order valence-electron chi connectivity index (χ3n) is 17.6. The highest BCUT2D eigenvalue weighted by atomic mass is 32.2.